The van der Waals surface area contributed by atoms with Gasteiger partial charge in [-0.05, 0) is 27.2 Å². The molecule has 180 valence electrons. The van der Waals surface area contributed by atoms with Crippen LogP contribution in [0.5, 0.6) is 0 Å². The minimum atomic E-state index is -0.467. The topological polar surface area (TPSA) is 69.4 Å². The van der Waals surface area contributed by atoms with Gasteiger partial charge in [-0.2, -0.15) is 9.61 Å². The van der Waals surface area contributed by atoms with Crippen LogP contribution in [0.3, 0.4) is 0 Å². The maximum atomic E-state index is 12.2. The molecule has 0 unspecified atom stereocenters. The monoisotopic (exact) mass is 444 g/mol. The first kappa shape index (κ1) is 26.3. The van der Waals surface area contributed by atoms with Crippen molar-refractivity contribution >= 4 is 18.2 Å². The lowest BCUT2D eigenvalue weighted by Crippen LogP contribution is -2.29. The molecule has 0 saturated heterocycles. The second kappa shape index (κ2) is 13.5. The first-order valence-corrected chi connectivity index (χ1v) is 12.7. The van der Waals surface area contributed by atoms with Crippen LogP contribution in [0, 0.1) is 6.92 Å². The van der Waals surface area contributed by atoms with Crippen LogP contribution in [-0.2, 0) is 14.9 Å². The Hall–Kier alpha value is -1.98. The molecule has 0 radical (unpaired) electrons. The van der Waals surface area contributed by atoms with E-state index in [4.69, 9.17) is 4.74 Å². The van der Waals surface area contributed by atoms with Crippen LogP contribution < -0.4 is 5.22 Å². The lowest BCUT2D eigenvalue weighted by molar-refractivity contribution is -0.145. The summed E-state index contributed by atoms with van der Waals surface area (Å²) in [6, 6.07) is 0. The van der Waals surface area contributed by atoms with E-state index >= 15 is 0 Å². The van der Waals surface area contributed by atoms with Crippen molar-refractivity contribution in [2.24, 2.45) is 0 Å². The molecule has 6 heteroatoms. The van der Waals surface area contributed by atoms with E-state index in [0.29, 0.717) is 17.9 Å². The van der Waals surface area contributed by atoms with Crippen molar-refractivity contribution in [2.75, 3.05) is 6.61 Å². The lowest BCUT2D eigenvalue weighted by Gasteiger charge is -2.21. The van der Waals surface area contributed by atoms with Gasteiger partial charge in [-0.25, -0.2) is 0 Å². The third kappa shape index (κ3) is 8.18. The fraction of sp³-hybridized carbons (Fsp3) is 0.769. The molecule has 2 heterocycles. The van der Waals surface area contributed by atoms with E-state index in [1.54, 1.807) is 4.52 Å². The van der Waals surface area contributed by atoms with Gasteiger partial charge in [0, 0.05) is 11.6 Å². The molecule has 0 aromatic carbocycles. The molecule has 0 atom stereocenters. The van der Waals surface area contributed by atoms with E-state index in [1.807, 2.05) is 20.8 Å². The number of carbonyl (C=O) groups excluding carboxylic acids is 1. The van der Waals surface area contributed by atoms with Crippen LogP contribution in [-0.4, -0.2) is 32.4 Å². The molecule has 2 aromatic rings. The third-order valence-electron chi connectivity index (χ3n) is 6.28. The summed E-state index contributed by atoms with van der Waals surface area (Å²) < 4.78 is 7.28. The van der Waals surface area contributed by atoms with Gasteiger partial charge in [0.15, 0.2) is 11.5 Å². The number of rotatable bonds is 17. The smallest absolute Gasteiger partial charge is 0.305 e. The van der Waals surface area contributed by atoms with Crippen LogP contribution >= 0.6 is 0 Å². The molecule has 32 heavy (non-hydrogen) atoms. The quantitative estimate of drug-likeness (QED) is 0.226. The Morgan fingerprint density at radius 1 is 0.906 bits per heavy atom. The largest absolute Gasteiger partial charge is 0.465 e. The fourth-order valence-electron chi connectivity index (χ4n) is 4.04. The summed E-state index contributed by atoms with van der Waals surface area (Å²) >= 11 is 0. The van der Waals surface area contributed by atoms with Crippen molar-refractivity contribution in [1.29, 1.82) is 0 Å². The van der Waals surface area contributed by atoms with Crippen molar-refractivity contribution < 1.29 is 9.53 Å². The van der Waals surface area contributed by atoms with Crippen LogP contribution in [0.15, 0.2) is 0 Å². The number of carbonyl (C=O) groups is 1. The van der Waals surface area contributed by atoms with Gasteiger partial charge in [0.05, 0.1) is 11.1 Å². The Morgan fingerprint density at radius 2 is 1.44 bits per heavy atom. The highest BCUT2D eigenvalue weighted by Crippen LogP contribution is 2.22. The normalized spacial score (nSPS) is 12.0. The van der Waals surface area contributed by atoms with Crippen molar-refractivity contribution in [3.8, 4) is 0 Å². The van der Waals surface area contributed by atoms with Gasteiger partial charge in [0.2, 0.25) is 0 Å². The van der Waals surface area contributed by atoms with Gasteiger partial charge in [0.25, 0.3) is 0 Å². The summed E-state index contributed by atoms with van der Waals surface area (Å²) in [5.74, 6) is 0.561. The summed E-state index contributed by atoms with van der Waals surface area (Å²) in [5, 5.41) is 13.7. The van der Waals surface area contributed by atoms with E-state index in [-0.39, 0.29) is 12.6 Å². The number of unbranched alkanes of at least 4 members (excludes halogenated alkanes) is 12. The van der Waals surface area contributed by atoms with Gasteiger partial charge >= 0.3 is 5.97 Å². The number of nitrogens with zero attached hydrogens (tertiary/aromatic N) is 4. The minimum absolute atomic E-state index is 0.133. The van der Waals surface area contributed by atoms with Crippen molar-refractivity contribution in [2.45, 2.75) is 123 Å². The highest BCUT2D eigenvalue weighted by atomic mass is 16.5. The van der Waals surface area contributed by atoms with Crippen molar-refractivity contribution in [1.82, 2.24) is 19.8 Å². The molecule has 2 rings (SSSR count). The summed E-state index contributed by atoms with van der Waals surface area (Å²) in [6.45, 7) is 12.4. The Bertz CT molecular complexity index is 859. The molecule has 0 bridgehead atoms. The zero-order valence-corrected chi connectivity index (χ0v) is 20.9. The van der Waals surface area contributed by atoms with Gasteiger partial charge in [0.1, 0.15) is 6.61 Å². The Kier molecular flexibility index (Phi) is 11.1. The standard InChI is InChI=1S/C26H44N4O2/c1-6-7-8-9-10-11-12-13-14-15-16-17-18-19-23(31)32-20-26(4,5)25-28-27-24-21(2)22(3)29-30(24)25/h2,6-20H2,1,3-5H3. The van der Waals surface area contributed by atoms with Crippen LogP contribution in [0.4, 0.5) is 0 Å². The Balaban J connectivity index is 1.53. The molecule has 0 aliphatic carbocycles. The SMILES string of the molecule is C=c1c(C)nn2c(C(C)(C)COC(=O)CCCCCCCCCCCCCCC)nnc12. The molecule has 0 saturated carbocycles. The van der Waals surface area contributed by atoms with Gasteiger partial charge in [-0.1, -0.05) is 90.6 Å². The van der Waals surface area contributed by atoms with Crippen LogP contribution in [0.2, 0.25) is 0 Å². The maximum Gasteiger partial charge on any atom is 0.305 e. The number of hydrogen-bond donors (Lipinski definition) is 0. The molecule has 2 aromatic heterocycles. The number of fused-ring (bicyclic) bond motifs is 1. The predicted octanol–water partition coefficient (Wildman–Crippen LogP) is 5.86. The second-order valence-corrected chi connectivity index (χ2v) is 9.86. The number of ether oxygens (including phenoxy) is 1. The predicted molar refractivity (Wildman–Crippen MR) is 131 cm³/mol. The van der Waals surface area contributed by atoms with E-state index in [2.05, 4.69) is 28.8 Å². The molecule has 0 aliphatic rings. The summed E-state index contributed by atoms with van der Waals surface area (Å²) in [7, 11) is 0. The van der Waals surface area contributed by atoms with Crippen molar-refractivity contribution in [3.63, 3.8) is 0 Å². The summed E-state index contributed by atoms with van der Waals surface area (Å²) in [5.41, 5.74) is 1.04. The van der Waals surface area contributed by atoms with Crippen LogP contribution in [0.1, 0.15) is 122 Å². The molecular formula is C26H44N4O2. The zero-order valence-electron chi connectivity index (χ0n) is 20.9. The summed E-state index contributed by atoms with van der Waals surface area (Å²) in [6.07, 6.45) is 17.4. The van der Waals surface area contributed by atoms with E-state index < -0.39 is 5.41 Å². The fourth-order valence-corrected chi connectivity index (χ4v) is 4.04. The number of hydrogen-bond acceptors (Lipinski definition) is 5. The Labute approximate surface area is 194 Å². The lowest BCUT2D eigenvalue weighted by atomic mass is 9.94. The Morgan fingerprint density at radius 3 is 2.00 bits per heavy atom. The molecule has 0 aliphatic heterocycles. The molecule has 0 fully saturated rings. The average Bonchev–Trinajstić information content (AvgIpc) is 3.30. The number of esters is 1. The van der Waals surface area contributed by atoms with Crippen LogP contribution in [0.25, 0.3) is 12.2 Å². The van der Waals surface area contributed by atoms with Gasteiger partial charge in [-0.3, -0.25) is 4.79 Å². The van der Waals surface area contributed by atoms with E-state index in [0.717, 1.165) is 23.8 Å². The first-order valence-electron chi connectivity index (χ1n) is 12.7. The summed E-state index contributed by atoms with van der Waals surface area (Å²) in [4.78, 5) is 12.2. The molecule has 0 amide bonds. The third-order valence-corrected chi connectivity index (χ3v) is 6.28. The molecule has 6 nitrogen and oxygen atoms in total. The average molecular weight is 445 g/mol. The highest BCUT2D eigenvalue weighted by molar-refractivity contribution is 5.69. The van der Waals surface area contributed by atoms with E-state index in [1.165, 1.54) is 70.6 Å². The van der Waals surface area contributed by atoms with Gasteiger partial charge < -0.3 is 4.74 Å². The molecular weight excluding hydrogens is 400 g/mol. The molecule has 0 spiro atoms. The van der Waals surface area contributed by atoms with E-state index in [9.17, 15) is 4.79 Å². The van der Waals surface area contributed by atoms with Gasteiger partial charge in [-0.15, -0.1) is 10.2 Å². The molecule has 0 N–H and O–H groups in total. The second-order valence-electron chi connectivity index (χ2n) is 9.86. The minimum Gasteiger partial charge on any atom is -0.465 e. The van der Waals surface area contributed by atoms with Crippen molar-refractivity contribution in [3.05, 3.63) is 16.7 Å². The zero-order chi connectivity index (χ0) is 23.4. The first-order chi connectivity index (χ1) is 15.4. The number of aromatic nitrogens is 4. The maximum absolute atomic E-state index is 12.2. The highest BCUT2D eigenvalue weighted by Gasteiger charge is 2.30. The number of aryl methyl sites for hydroxylation is 1.